The Labute approximate surface area is 147 Å². The molecule has 3 heterocycles. The van der Waals surface area contributed by atoms with Crippen LogP contribution in [0.4, 0.5) is 23.4 Å². The molecule has 1 aromatic rings. The van der Waals surface area contributed by atoms with Crippen LogP contribution in [-0.4, -0.2) is 56.1 Å². The van der Waals surface area contributed by atoms with Gasteiger partial charge in [-0.2, -0.15) is 17.6 Å². The molecule has 0 radical (unpaired) electrons. The molecule has 2 aliphatic heterocycles. The Morgan fingerprint density at radius 2 is 1.88 bits per heavy atom. The number of hydrogen-bond donors (Lipinski definition) is 0. The van der Waals surface area contributed by atoms with Gasteiger partial charge in [-0.25, -0.2) is 9.78 Å². The van der Waals surface area contributed by atoms with Gasteiger partial charge in [0, 0.05) is 12.1 Å². The maximum absolute atomic E-state index is 13.5. The third kappa shape index (κ3) is 4.07. The number of aromatic nitrogens is 1. The Hall–Kier alpha value is -1.94. The Balaban J connectivity index is 2.03. The van der Waals surface area contributed by atoms with E-state index in [2.05, 4.69) is 9.72 Å². The zero-order valence-corrected chi connectivity index (χ0v) is 14.1. The Kier molecular flexibility index (Phi) is 5.07. The number of carbonyl (C=O) groups excluding carboxylic acids is 1. The van der Waals surface area contributed by atoms with Gasteiger partial charge in [0.15, 0.2) is 0 Å². The Morgan fingerprint density at radius 3 is 2.54 bits per heavy atom. The predicted molar refractivity (Wildman–Crippen MR) is 81.6 cm³/mol. The average Bonchev–Trinajstić information content (AvgIpc) is 2.76. The summed E-state index contributed by atoms with van der Waals surface area (Å²) >= 11 is 0. The summed E-state index contributed by atoms with van der Waals surface area (Å²) in [5, 5.41) is 0. The Morgan fingerprint density at radius 1 is 1.23 bits per heavy atom. The lowest BCUT2D eigenvalue weighted by molar-refractivity contribution is -0.380. The van der Waals surface area contributed by atoms with E-state index in [4.69, 9.17) is 9.47 Å². The Bertz CT molecular complexity index is 683. The molecule has 2 aliphatic rings. The fourth-order valence-electron chi connectivity index (χ4n) is 3.04. The second kappa shape index (κ2) is 6.99. The molecule has 10 heteroatoms. The van der Waals surface area contributed by atoms with E-state index in [9.17, 15) is 22.4 Å². The van der Waals surface area contributed by atoms with E-state index in [1.807, 2.05) is 0 Å². The van der Waals surface area contributed by atoms with Crippen molar-refractivity contribution in [3.63, 3.8) is 0 Å². The molecular weight excluding hydrogens is 360 g/mol. The summed E-state index contributed by atoms with van der Waals surface area (Å²) in [6.45, 7) is 0.274. The molecule has 0 aromatic carbocycles. The number of esters is 1. The average molecular weight is 378 g/mol. The summed E-state index contributed by atoms with van der Waals surface area (Å²) in [5.74, 6) is -0.794. The molecule has 0 unspecified atom stereocenters. The van der Waals surface area contributed by atoms with E-state index < -0.39 is 31.3 Å². The van der Waals surface area contributed by atoms with E-state index in [1.165, 1.54) is 6.07 Å². The molecule has 144 valence electrons. The predicted octanol–water partition coefficient (Wildman–Crippen LogP) is 2.40. The molecule has 0 N–H and O–H groups in total. The van der Waals surface area contributed by atoms with Crippen LogP contribution in [0.1, 0.15) is 28.5 Å². The van der Waals surface area contributed by atoms with Gasteiger partial charge >= 0.3 is 18.2 Å². The summed E-state index contributed by atoms with van der Waals surface area (Å²) in [7, 11) is 0. The van der Waals surface area contributed by atoms with Crippen LogP contribution in [0.5, 0.6) is 0 Å². The van der Waals surface area contributed by atoms with E-state index in [-0.39, 0.29) is 18.0 Å². The number of hydrogen-bond acceptors (Lipinski definition) is 6. The van der Waals surface area contributed by atoms with E-state index in [0.717, 1.165) is 4.90 Å². The maximum Gasteiger partial charge on any atom is 0.377 e. The van der Waals surface area contributed by atoms with Crippen molar-refractivity contribution < 1.29 is 36.6 Å². The van der Waals surface area contributed by atoms with Crippen LogP contribution in [0, 0.1) is 0 Å². The smallest absolute Gasteiger partial charge is 0.377 e. The lowest BCUT2D eigenvalue weighted by Gasteiger charge is -2.37. The molecule has 6 nitrogen and oxygen atoms in total. The van der Waals surface area contributed by atoms with Crippen molar-refractivity contribution in [3.05, 3.63) is 22.9 Å². The molecule has 1 aromatic heterocycles. The summed E-state index contributed by atoms with van der Waals surface area (Å²) in [4.78, 5) is 17.3. The van der Waals surface area contributed by atoms with Gasteiger partial charge in [0.2, 0.25) is 0 Å². The third-order valence-electron chi connectivity index (χ3n) is 4.04. The molecular formula is C16H18F4N2O4. The summed E-state index contributed by atoms with van der Waals surface area (Å²) < 4.78 is 68.0. The van der Waals surface area contributed by atoms with Crippen molar-refractivity contribution >= 4 is 11.8 Å². The fraction of sp³-hybridized carbons (Fsp3) is 0.625. The number of anilines is 1. The number of rotatable bonds is 3. The first-order valence-corrected chi connectivity index (χ1v) is 8.19. The summed E-state index contributed by atoms with van der Waals surface area (Å²) in [6, 6.07) is 1.22. The zero-order valence-electron chi connectivity index (χ0n) is 14.1. The second-order valence-corrected chi connectivity index (χ2v) is 6.02. The van der Waals surface area contributed by atoms with Crippen LogP contribution in [0.3, 0.4) is 0 Å². The van der Waals surface area contributed by atoms with Crippen molar-refractivity contribution in [2.24, 2.45) is 0 Å². The minimum Gasteiger partial charge on any atom is -0.462 e. The highest BCUT2D eigenvalue weighted by Gasteiger charge is 2.52. The fourth-order valence-corrected chi connectivity index (χ4v) is 3.04. The van der Waals surface area contributed by atoms with Crippen molar-refractivity contribution in [3.8, 4) is 0 Å². The van der Waals surface area contributed by atoms with Crippen molar-refractivity contribution in [1.82, 2.24) is 4.98 Å². The summed E-state index contributed by atoms with van der Waals surface area (Å²) in [6.07, 6.45) is -7.34. The van der Waals surface area contributed by atoms with Gasteiger partial charge in [-0.05, 0) is 25.0 Å². The monoisotopic (exact) mass is 378 g/mol. The van der Waals surface area contributed by atoms with Crippen LogP contribution in [0.25, 0.3) is 0 Å². The lowest BCUT2D eigenvalue weighted by atomic mass is 10.0. The first-order valence-electron chi connectivity index (χ1n) is 8.19. The van der Waals surface area contributed by atoms with Gasteiger partial charge in [0.05, 0.1) is 25.4 Å². The first kappa shape index (κ1) is 18.8. The van der Waals surface area contributed by atoms with E-state index in [1.54, 1.807) is 6.92 Å². The van der Waals surface area contributed by atoms with Crippen LogP contribution >= 0.6 is 0 Å². The van der Waals surface area contributed by atoms with Crippen molar-refractivity contribution in [2.45, 2.75) is 32.0 Å². The van der Waals surface area contributed by atoms with Crippen LogP contribution in [-0.2, 0) is 27.1 Å². The number of carbonyl (C=O) groups is 1. The molecule has 0 atom stereocenters. The summed E-state index contributed by atoms with van der Waals surface area (Å²) in [5.41, 5.74) is 1.19. The number of morpholine rings is 1. The number of nitrogens with zero attached hydrogens (tertiary/aromatic N) is 2. The molecule has 0 spiro atoms. The van der Waals surface area contributed by atoms with Crippen LogP contribution in [0.15, 0.2) is 6.07 Å². The highest BCUT2D eigenvalue weighted by molar-refractivity contribution is 5.92. The van der Waals surface area contributed by atoms with E-state index >= 15 is 0 Å². The molecule has 1 saturated heterocycles. The normalized spacial score (nSPS) is 21.7. The minimum absolute atomic E-state index is 0.120. The zero-order chi connectivity index (χ0) is 18.9. The molecule has 0 aliphatic carbocycles. The lowest BCUT2D eigenvalue weighted by Crippen LogP contribution is -2.55. The minimum atomic E-state index is -4.04. The standard InChI is InChI=1S/C16H18F4N2O4/c1-2-25-14(23)11-7-13(21-12-4-6-24-5-3-10(11)12)22-8-15(17,18)26-16(19,20)9-22/h7H,2-6,8-9H2,1H3. The van der Waals surface area contributed by atoms with Crippen molar-refractivity contribution in [1.29, 1.82) is 0 Å². The van der Waals surface area contributed by atoms with Crippen LogP contribution < -0.4 is 4.90 Å². The van der Waals surface area contributed by atoms with Gasteiger partial charge in [0.25, 0.3) is 0 Å². The number of halogens is 4. The SMILES string of the molecule is CCOC(=O)c1cc(N2CC(F)(F)OC(F)(F)C2)nc2c1CCOCC2. The van der Waals surface area contributed by atoms with Gasteiger partial charge < -0.3 is 14.4 Å². The van der Waals surface area contributed by atoms with E-state index in [0.29, 0.717) is 37.3 Å². The number of alkyl halides is 4. The third-order valence-corrected chi connectivity index (χ3v) is 4.04. The molecule has 0 bridgehead atoms. The maximum atomic E-state index is 13.5. The highest BCUT2D eigenvalue weighted by Crippen LogP contribution is 2.36. The largest absolute Gasteiger partial charge is 0.462 e. The molecule has 0 saturated carbocycles. The quantitative estimate of drug-likeness (QED) is 0.595. The first-order chi connectivity index (χ1) is 12.2. The topological polar surface area (TPSA) is 60.9 Å². The van der Waals surface area contributed by atoms with Gasteiger partial charge in [-0.3, -0.25) is 4.74 Å². The van der Waals surface area contributed by atoms with Crippen molar-refractivity contribution in [2.75, 3.05) is 37.8 Å². The molecule has 0 amide bonds. The number of pyridine rings is 1. The highest BCUT2D eigenvalue weighted by atomic mass is 19.3. The van der Waals surface area contributed by atoms with Gasteiger partial charge in [0.1, 0.15) is 18.9 Å². The molecule has 3 rings (SSSR count). The van der Waals surface area contributed by atoms with Gasteiger partial charge in [-0.1, -0.05) is 0 Å². The van der Waals surface area contributed by atoms with Crippen LogP contribution in [0.2, 0.25) is 0 Å². The number of fused-ring (bicyclic) bond motifs is 1. The number of ether oxygens (including phenoxy) is 3. The second-order valence-electron chi connectivity index (χ2n) is 6.02. The molecule has 26 heavy (non-hydrogen) atoms. The molecule has 1 fully saturated rings. The van der Waals surface area contributed by atoms with Gasteiger partial charge in [-0.15, -0.1) is 0 Å².